The van der Waals surface area contributed by atoms with Crippen LogP contribution in [0.3, 0.4) is 0 Å². The number of nitrogens with one attached hydrogen (secondary N) is 3. The van der Waals surface area contributed by atoms with E-state index in [0.29, 0.717) is 16.7 Å². The number of benzene rings is 3. The molecule has 0 spiro atoms. The van der Waals surface area contributed by atoms with E-state index in [1.807, 2.05) is 0 Å². The van der Waals surface area contributed by atoms with Gasteiger partial charge in [-0.15, -0.1) is 0 Å². The molecule has 3 aromatic carbocycles. The van der Waals surface area contributed by atoms with Gasteiger partial charge in [0.1, 0.15) is 11.6 Å². The molecular weight excluding hydrogens is 621 g/mol. The number of aromatic nitrogens is 2. The van der Waals surface area contributed by atoms with Crippen LogP contribution in [0.15, 0.2) is 42.5 Å². The lowest BCUT2D eigenvalue weighted by Gasteiger charge is -2.19. The molecule has 1 unspecified atom stereocenters. The van der Waals surface area contributed by atoms with Gasteiger partial charge in [-0.1, -0.05) is 11.6 Å². The summed E-state index contributed by atoms with van der Waals surface area (Å²) in [6.45, 7) is -4.81. The SMILES string of the molecule is N=c1n(CC(F)F)c2cc(NC(=O)c3cc(F)cc(C(F)(F)F)c3)c3c(c2n1C(F)F)C(=O)NC3c1cc(F)ccc1Cl. The summed E-state index contributed by atoms with van der Waals surface area (Å²) in [7, 11) is 0. The van der Waals surface area contributed by atoms with Crippen molar-refractivity contribution in [2.75, 3.05) is 5.32 Å². The second kappa shape index (κ2) is 10.7. The number of carbonyl (C=O) groups is 2. The van der Waals surface area contributed by atoms with Crippen molar-refractivity contribution in [3.8, 4) is 0 Å². The van der Waals surface area contributed by atoms with Gasteiger partial charge in [-0.2, -0.15) is 22.0 Å². The summed E-state index contributed by atoms with van der Waals surface area (Å²) in [5.74, 6) is -4.73. The predicted octanol–water partition coefficient (Wildman–Crippen LogP) is 6.62. The monoisotopic (exact) mass is 635 g/mol. The standard InChI is InChI=1S/C26H15ClF9N5O2/c27-14-2-1-11(28)6-13(14)20-18-15(38-22(42)9-3-10(26(34,35)36)5-12(29)4-9)7-16-21(19(18)23(43)39-20)41(24(32)33)25(37)40(16)8-17(30)31/h1-7,17,20,24,37H,8H2,(H,38,42)(H,39,43). The van der Waals surface area contributed by atoms with Gasteiger partial charge in [-0.3, -0.25) is 19.6 Å². The van der Waals surface area contributed by atoms with E-state index < -0.39 is 94.2 Å². The molecule has 1 aliphatic rings. The highest BCUT2D eigenvalue weighted by Gasteiger charge is 2.39. The van der Waals surface area contributed by atoms with E-state index in [1.54, 1.807) is 0 Å². The summed E-state index contributed by atoms with van der Waals surface area (Å²) in [6, 6.07) is 3.31. The normalized spacial score (nSPS) is 15.0. The number of hydrogen-bond acceptors (Lipinski definition) is 3. The minimum absolute atomic E-state index is 0.000524. The third kappa shape index (κ3) is 5.30. The number of rotatable bonds is 6. The topological polar surface area (TPSA) is 91.9 Å². The number of amides is 2. The number of fused-ring (bicyclic) bond motifs is 3. The zero-order valence-corrected chi connectivity index (χ0v) is 21.7. The van der Waals surface area contributed by atoms with Crippen LogP contribution in [0, 0.1) is 17.0 Å². The smallest absolute Gasteiger partial charge is 0.341 e. The third-order valence-corrected chi connectivity index (χ3v) is 6.99. The van der Waals surface area contributed by atoms with Gasteiger partial charge in [0, 0.05) is 27.4 Å². The van der Waals surface area contributed by atoms with E-state index in [4.69, 9.17) is 17.0 Å². The van der Waals surface area contributed by atoms with Gasteiger partial charge in [0.05, 0.1) is 34.7 Å². The number of nitrogens with zero attached hydrogens (tertiary/aromatic N) is 2. The summed E-state index contributed by atoms with van der Waals surface area (Å²) in [5, 5.41) is 12.6. The Hall–Kier alpha value is -4.47. The van der Waals surface area contributed by atoms with Crippen molar-refractivity contribution >= 4 is 40.1 Å². The molecule has 2 heterocycles. The second-order valence-electron chi connectivity index (χ2n) is 9.31. The summed E-state index contributed by atoms with van der Waals surface area (Å²) in [5.41, 5.74) is -6.31. The highest BCUT2D eigenvalue weighted by molar-refractivity contribution is 6.31. The third-order valence-electron chi connectivity index (χ3n) is 6.65. The molecule has 5 rings (SSSR count). The average Bonchev–Trinajstić information content (AvgIpc) is 3.38. The van der Waals surface area contributed by atoms with Gasteiger partial charge in [0.15, 0.2) is 0 Å². The molecule has 1 aliphatic heterocycles. The maximum atomic E-state index is 14.2. The van der Waals surface area contributed by atoms with Crippen LogP contribution in [0.5, 0.6) is 0 Å². The molecule has 43 heavy (non-hydrogen) atoms. The summed E-state index contributed by atoms with van der Waals surface area (Å²) in [4.78, 5) is 26.4. The lowest BCUT2D eigenvalue weighted by molar-refractivity contribution is -0.137. The second-order valence-corrected chi connectivity index (χ2v) is 9.71. The molecule has 0 radical (unpaired) electrons. The van der Waals surface area contributed by atoms with Gasteiger partial charge in [0.2, 0.25) is 5.62 Å². The largest absolute Gasteiger partial charge is 0.416 e. The molecule has 3 N–H and O–H groups in total. The number of imidazole rings is 1. The van der Waals surface area contributed by atoms with E-state index in [1.165, 1.54) is 0 Å². The van der Waals surface area contributed by atoms with Crippen LogP contribution in [0.25, 0.3) is 11.0 Å². The van der Waals surface area contributed by atoms with Crippen LogP contribution in [0.2, 0.25) is 5.02 Å². The highest BCUT2D eigenvalue weighted by atomic mass is 35.5. The average molecular weight is 636 g/mol. The number of alkyl halides is 7. The number of halogens is 10. The lowest BCUT2D eigenvalue weighted by Crippen LogP contribution is -2.27. The first-order valence-corrected chi connectivity index (χ1v) is 12.3. The van der Waals surface area contributed by atoms with Crippen molar-refractivity contribution < 1.29 is 49.1 Å². The zero-order valence-electron chi connectivity index (χ0n) is 21.0. The Kier molecular flexibility index (Phi) is 7.44. The van der Waals surface area contributed by atoms with Crippen LogP contribution in [-0.4, -0.2) is 27.4 Å². The molecular formula is C26H15ClF9N5O2. The molecule has 0 saturated heterocycles. The van der Waals surface area contributed by atoms with E-state index in [0.717, 1.165) is 24.3 Å². The number of carbonyl (C=O) groups excluding carboxylic acids is 2. The molecule has 2 amide bonds. The van der Waals surface area contributed by atoms with Crippen LogP contribution in [0.1, 0.15) is 50.0 Å². The van der Waals surface area contributed by atoms with Crippen LogP contribution >= 0.6 is 11.6 Å². The molecule has 1 aromatic heterocycles. The van der Waals surface area contributed by atoms with Crippen LogP contribution in [-0.2, 0) is 12.7 Å². The van der Waals surface area contributed by atoms with E-state index in [2.05, 4.69) is 10.6 Å². The molecule has 0 bridgehead atoms. The fourth-order valence-corrected chi connectivity index (χ4v) is 5.17. The first kappa shape index (κ1) is 30.0. The van der Waals surface area contributed by atoms with Crippen molar-refractivity contribution in [3.05, 3.63) is 92.6 Å². The Balaban J connectivity index is 1.81. The molecule has 17 heteroatoms. The van der Waals surface area contributed by atoms with E-state index >= 15 is 0 Å². The summed E-state index contributed by atoms with van der Waals surface area (Å²) in [6.07, 6.45) is -8.21. The Morgan fingerprint density at radius 1 is 1.05 bits per heavy atom. The fraction of sp³-hybridized carbons (Fsp3) is 0.192. The molecule has 226 valence electrons. The van der Waals surface area contributed by atoms with Crippen molar-refractivity contribution in [2.24, 2.45) is 0 Å². The highest BCUT2D eigenvalue weighted by Crippen LogP contribution is 2.43. The predicted molar refractivity (Wildman–Crippen MR) is 133 cm³/mol. The molecule has 4 aromatic rings. The fourth-order valence-electron chi connectivity index (χ4n) is 4.94. The minimum atomic E-state index is -5.05. The molecule has 7 nitrogen and oxygen atoms in total. The van der Waals surface area contributed by atoms with Crippen molar-refractivity contribution in [1.82, 2.24) is 14.5 Å². The van der Waals surface area contributed by atoms with Crippen LogP contribution < -0.4 is 16.3 Å². The minimum Gasteiger partial charge on any atom is -0.341 e. The van der Waals surface area contributed by atoms with Gasteiger partial charge in [0.25, 0.3) is 18.2 Å². The Labute approximate surface area is 239 Å². The molecule has 0 saturated carbocycles. The maximum Gasteiger partial charge on any atom is 0.416 e. The Morgan fingerprint density at radius 2 is 1.74 bits per heavy atom. The molecule has 1 atom stereocenters. The van der Waals surface area contributed by atoms with Crippen molar-refractivity contribution in [1.29, 1.82) is 5.41 Å². The number of hydrogen-bond donors (Lipinski definition) is 3. The van der Waals surface area contributed by atoms with Gasteiger partial charge in [-0.25, -0.2) is 17.6 Å². The Bertz CT molecular complexity index is 1870. The zero-order chi connectivity index (χ0) is 31.5. The van der Waals surface area contributed by atoms with Gasteiger partial charge >= 0.3 is 12.7 Å². The van der Waals surface area contributed by atoms with Crippen LogP contribution in [0.4, 0.5) is 45.2 Å². The van der Waals surface area contributed by atoms with Crippen molar-refractivity contribution in [3.63, 3.8) is 0 Å². The van der Waals surface area contributed by atoms with Crippen molar-refractivity contribution in [2.45, 2.75) is 31.7 Å². The summed E-state index contributed by atoms with van der Waals surface area (Å²) >= 11 is 6.21. The lowest BCUT2D eigenvalue weighted by atomic mass is 9.95. The molecule has 0 fully saturated rings. The quantitative estimate of drug-likeness (QED) is 0.208. The number of anilines is 1. The van der Waals surface area contributed by atoms with E-state index in [-0.39, 0.29) is 26.8 Å². The first-order chi connectivity index (χ1) is 20.1. The van der Waals surface area contributed by atoms with Gasteiger partial charge in [-0.05, 0) is 42.5 Å². The summed E-state index contributed by atoms with van der Waals surface area (Å²) < 4.78 is 124. The molecule has 0 aliphatic carbocycles. The Morgan fingerprint density at radius 3 is 2.37 bits per heavy atom. The maximum absolute atomic E-state index is 14.2. The first-order valence-electron chi connectivity index (χ1n) is 12.0. The van der Waals surface area contributed by atoms with Gasteiger partial charge < -0.3 is 15.2 Å². The van der Waals surface area contributed by atoms with E-state index in [9.17, 15) is 49.1 Å².